The van der Waals surface area contributed by atoms with Crippen molar-refractivity contribution in [3.8, 4) is 0 Å². The van der Waals surface area contributed by atoms with Crippen molar-refractivity contribution in [2.24, 2.45) is 5.92 Å². The van der Waals surface area contributed by atoms with E-state index in [-0.39, 0.29) is 24.9 Å². The number of benzene rings is 1. The molecule has 0 spiro atoms. The van der Waals surface area contributed by atoms with Gasteiger partial charge in [-0.1, -0.05) is 19.1 Å². The molecule has 0 bridgehead atoms. The quantitative estimate of drug-likeness (QED) is 0.728. The molecule has 1 atom stereocenters. The van der Waals surface area contributed by atoms with E-state index in [1.165, 1.54) is 12.1 Å². The van der Waals surface area contributed by atoms with Crippen LogP contribution in [0.15, 0.2) is 29.2 Å². The summed E-state index contributed by atoms with van der Waals surface area (Å²) in [6.07, 6.45) is -2.01. The first-order valence-electron chi connectivity index (χ1n) is 10.3. The van der Waals surface area contributed by atoms with Crippen LogP contribution in [-0.2, 0) is 21.0 Å². The van der Waals surface area contributed by atoms with E-state index in [4.69, 9.17) is 0 Å². The lowest BCUT2D eigenvalue weighted by Crippen LogP contribution is -2.46. The highest BCUT2D eigenvalue weighted by atomic mass is 32.2. The van der Waals surface area contributed by atoms with Gasteiger partial charge in [0, 0.05) is 31.6 Å². The summed E-state index contributed by atoms with van der Waals surface area (Å²) in [6.45, 7) is 4.69. The van der Waals surface area contributed by atoms with Gasteiger partial charge in [0.15, 0.2) is 0 Å². The van der Waals surface area contributed by atoms with Crippen LogP contribution < -0.4 is 5.32 Å². The molecule has 0 unspecified atom stereocenters. The van der Waals surface area contributed by atoms with E-state index in [0.29, 0.717) is 25.4 Å². The molecule has 2 saturated heterocycles. The number of piperidine rings is 1. The molecule has 0 aromatic heterocycles. The molecule has 30 heavy (non-hydrogen) atoms. The van der Waals surface area contributed by atoms with E-state index in [0.717, 1.165) is 42.4 Å². The lowest BCUT2D eigenvalue weighted by molar-refractivity contribution is -0.139. The van der Waals surface area contributed by atoms with Gasteiger partial charge in [-0.15, -0.1) is 0 Å². The van der Waals surface area contributed by atoms with Gasteiger partial charge < -0.3 is 5.32 Å². The second-order valence-electron chi connectivity index (χ2n) is 7.84. The maximum atomic E-state index is 13.2. The zero-order chi connectivity index (χ0) is 21.9. The number of sulfonamides is 1. The van der Waals surface area contributed by atoms with Crippen molar-refractivity contribution in [3.05, 3.63) is 29.8 Å². The van der Waals surface area contributed by atoms with E-state index < -0.39 is 26.7 Å². The minimum absolute atomic E-state index is 0.0249. The van der Waals surface area contributed by atoms with Gasteiger partial charge in [-0.25, -0.2) is 8.42 Å². The number of carbonyl (C=O) groups excluding carboxylic acids is 1. The molecule has 1 aromatic carbocycles. The van der Waals surface area contributed by atoms with E-state index in [9.17, 15) is 26.4 Å². The Bertz CT molecular complexity index is 852. The fraction of sp³-hybridized carbons (Fsp3) is 0.650. The Morgan fingerprint density at radius 3 is 2.43 bits per heavy atom. The summed E-state index contributed by atoms with van der Waals surface area (Å²) < 4.78 is 66.4. The molecule has 0 radical (unpaired) electrons. The van der Waals surface area contributed by atoms with Crippen molar-refractivity contribution in [1.29, 1.82) is 0 Å². The molecule has 168 valence electrons. The Hall–Kier alpha value is -1.65. The van der Waals surface area contributed by atoms with Crippen molar-refractivity contribution < 1.29 is 26.4 Å². The molecule has 2 fully saturated rings. The van der Waals surface area contributed by atoms with Crippen molar-refractivity contribution in [3.63, 3.8) is 0 Å². The van der Waals surface area contributed by atoms with Gasteiger partial charge in [-0.3, -0.25) is 9.69 Å². The van der Waals surface area contributed by atoms with Crippen LogP contribution in [0.4, 0.5) is 13.2 Å². The Balaban J connectivity index is 1.59. The molecular formula is C20H28F3N3O3S. The van der Waals surface area contributed by atoms with Gasteiger partial charge in [-0.2, -0.15) is 17.5 Å². The standard InChI is InChI=1S/C20H28F3N3O3S/c1-2-25-11-5-6-16(25)14-24-19(27)15-9-12-26(13-10-15)30(28,29)18-8-4-3-7-17(18)20(21,22)23/h3-4,7-8,15-16H,2,5-6,9-14H2,1H3,(H,24,27)/t16-/m1/s1. The van der Waals surface area contributed by atoms with E-state index >= 15 is 0 Å². The number of likely N-dealkylation sites (tertiary alicyclic amines) is 1. The third-order valence-electron chi connectivity index (χ3n) is 6.05. The zero-order valence-electron chi connectivity index (χ0n) is 17.0. The predicted octanol–water partition coefficient (Wildman–Crippen LogP) is 2.71. The number of likely N-dealkylation sites (N-methyl/N-ethyl adjacent to an activating group) is 1. The van der Waals surface area contributed by atoms with Gasteiger partial charge in [0.25, 0.3) is 0 Å². The summed E-state index contributed by atoms with van der Waals surface area (Å²) >= 11 is 0. The molecule has 1 amide bonds. The number of rotatable bonds is 6. The normalized spacial score (nSPS) is 22.3. The van der Waals surface area contributed by atoms with Crippen molar-refractivity contribution in [2.45, 2.75) is 49.7 Å². The molecule has 0 saturated carbocycles. The first-order chi connectivity index (χ1) is 14.1. The van der Waals surface area contributed by atoms with Crippen LogP contribution in [0.1, 0.15) is 38.2 Å². The minimum atomic E-state index is -4.76. The monoisotopic (exact) mass is 447 g/mol. The predicted molar refractivity (Wildman–Crippen MR) is 106 cm³/mol. The first-order valence-corrected chi connectivity index (χ1v) is 11.8. The zero-order valence-corrected chi connectivity index (χ0v) is 17.8. The number of hydrogen-bond donors (Lipinski definition) is 1. The Morgan fingerprint density at radius 1 is 1.13 bits per heavy atom. The fourth-order valence-corrected chi connectivity index (χ4v) is 6.01. The average molecular weight is 448 g/mol. The van der Waals surface area contributed by atoms with Crippen LogP contribution >= 0.6 is 0 Å². The smallest absolute Gasteiger partial charge is 0.354 e. The number of nitrogens with one attached hydrogen (secondary N) is 1. The molecular weight excluding hydrogens is 419 g/mol. The topological polar surface area (TPSA) is 69.7 Å². The molecule has 2 heterocycles. The third-order valence-corrected chi connectivity index (χ3v) is 8.01. The van der Waals surface area contributed by atoms with Gasteiger partial charge in [0.2, 0.25) is 15.9 Å². The van der Waals surface area contributed by atoms with Crippen molar-refractivity contribution in [1.82, 2.24) is 14.5 Å². The van der Waals surface area contributed by atoms with Crippen LogP contribution in [0.25, 0.3) is 0 Å². The second-order valence-corrected chi connectivity index (χ2v) is 9.75. The van der Waals surface area contributed by atoms with Crippen LogP contribution in [-0.4, -0.2) is 62.3 Å². The highest BCUT2D eigenvalue weighted by Crippen LogP contribution is 2.36. The number of halogens is 3. The molecule has 10 heteroatoms. The van der Waals surface area contributed by atoms with Crippen LogP contribution in [0.2, 0.25) is 0 Å². The number of carbonyl (C=O) groups is 1. The fourth-order valence-electron chi connectivity index (χ4n) is 4.33. The summed E-state index contributed by atoms with van der Waals surface area (Å²) in [5, 5.41) is 2.98. The van der Waals surface area contributed by atoms with E-state index in [2.05, 4.69) is 17.1 Å². The molecule has 1 aromatic rings. The lowest BCUT2D eigenvalue weighted by atomic mass is 9.97. The summed E-state index contributed by atoms with van der Waals surface area (Å²) in [7, 11) is -4.29. The molecule has 1 N–H and O–H groups in total. The second kappa shape index (κ2) is 9.23. The molecule has 0 aliphatic carbocycles. The van der Waals surface area contributed by atoms with Gasteiger partial charge in [-0.05, 0) is 50.9 Å². The van der Waals surface area contributed by atoms with Crippen LogP contribution in [0, 0.1) is 5.92 Å². The average Bonchev–Trinajstić information content (AvgIpc) is 3.19. The number of hydrogen-bond acceptors (Lipinski definition) is 4. The molecule has 2 aliphatic rings. The SMILES string of the molecule is CCN1CCC[C@@H]1CNC(=O)C1CCN(S(=O)(=O)c2ccccc2C(F)(F)F)CC1. The lowest BCUT2D eigenvalue weighted by Gasteiger charge is -2.31. The van der Waals surface area contributed by atoms with Crippen LogP contribution in [0.3, 0.4) is 0 Å². The minimum Gasteiger partial charge on any atom is -0.354 e. The summed E-state index contributed by atoms with van der Waals surface area (Å²) in [5.41, 5.74) is -1.16. The molecule has 6 nitrogen and oxygen atoms in total. The molecule has 3 rings (SSSR count). The third kappa shape index (κ3) is 4.97. The largest absolute Gasteiger partial charge is 0.417 e. The Kier molecular flexibility index (Phi) is 7.09. The maximum absolute atomic E-state index is 13.2. The number of alkyl halides is 3. The van der Waals surface area contributed by atoms with E-state index in [1.54, 1.807) is 0 Å². The summed E-state index contributed by atoms with van der Waals surface area (Å²) in [6, 6.07) is 4.54. The maximum Gasteiger partial charge on any atom is 0.417 e. The van der Waals surface area contributed by atoms with E-state index in [1.807, 2.05) is 0 Å². The first kappa shape index (κ1) is 23.0. The van der Waals surface area contributed by atoms with Crippen molar-refractivity contribution >= 4 is 15.9 Å². The van der Waals surface area contributed by atoms with Gasteiger partial charge in [0.05, 0.1) is 10.5 Å². The van der Waals surface area contributed by atoms with Crippen LogP contribution in [0.5, 0.6) is 0 Å². The van der Waals surface area contributed by atoms with Gasteiger partial charge >= 0.3 is 6.18 Å². The summed E-state index contributed by atoms with van der Waals surface area (Å²) in [4.78, 5) is 14.1. The number of nitrogens with zero attached hydrogens (tertiary/aromatic N) is 2. The van der Waals surface area contributed by atoms with Gasteiger partial charge in [0.1, 0.15) is 0 Å². The Labute approximate surface area is 175 Å². The highest BCUT2D eigenvalue weighted by molar-refractivity contribution is 7.89. The Morgan fingerprint density at radius 2 is 1.80 bits per heavy atom. The highest BCUT2D eigenvalue weighted by Gasteiger charge is 2.40. The molecule has 2 aliphatic heterocycles. The number of amides is 1. The summed E-state index contributed by atoms with van der Waals surface area (Å²) in [5.74, 6) is -0.434. The van der Waals surface area contributed by atoms with Crippen molar-refractivity contribution in [2.75, 3.05) is 32.7 Å².